The molecule has 0 bridgehead atoms. The normalized spacial score (nSPS) is 20.8. The Bertz CT molecular complexity index is 672. The van der Waals surface area contributed by atoms with Crippen LogP contribution in [0, 0.1) is 19.8 Å². The molecule has 0 spiro atoms. The van der Waals surface area contributed by atoms with Crippen LogP contribution in [0.5, 0.6) is 5.75 Å². The summed E-state index contributed by atoms with van der Waals surface area (Å²) in [4.78, 5) is 11.8. The molecule has 0 aliphatic carbocycles. The van der Waals surface area contributed by atoms with E-state index in [4.69, 9.17) is 0 Å². The molecule has 114 valence electrons. The molecule has 0 aromatic heterocycles. The molecule has 1 atom stereocenters. The second-order valence-electron chi connectivity index (χ2n) is 5.34. The van der Waals surface area contributed by atoms with Crippen LogP contribution in [0.25, 0.3) is 0 Å². The van der Waals surface area contributed by atoms with Crippen LogP contribution in [0.4, 0.5) is 0 Å². The summed E-state index contributed by atoms with van der Waals surface area (Å²) in [5.41, 5.74) is 4.57. The van der Waals surface area contributed by atoms with E-state index in [1.54, 1.807) is 26.0 Å². The number of nitrogens with zero attached hydrogens (tertiary/aromatic N) is 1. The number of hydrogen-bond acceptors (Lipinski definition) is 5. The maximum Gasteiger partial charge on any atom is 0.244 e. The van der Waals surface area contributed by atoms with Crippen LogP contribution in [0.1, 0.15) is 23.1 Å². The molecule has 1 aliphatic heterocycles. The molecule has 1 aliphatic rings. The molecule has 2 rings (SSSR count). The van der Waals surface area contributed by atoms with Crippen LogP contribution in [0.15, 0.2) is 17.2 Å². The van der Waals surface area contributed by atoms with E-state index in [0.717, 1.165) is 16.7 Å². The van der Waals surface area contributed by atoms with Crippen LogP contribution in [-0.2, 0) is 14.6 Å². The molecule has 0 saturated carbocycles. The van der Waals surface area contributed by atoms with Gasteiger partial charge in [-0.15, -0.1) is 0 Å². The highest BCUT2D eigenvalue weighted by Gasteiger charge is 2.32. The van der Waals surface area contributed by atoms with Crippen molar-refractivity contribution in [1.29, 1.82) is 0 Å². The van der Waals surface area contributed by atoms with Crippen molar-refractivity contribution in [2.24, 2.45) is 11.0 Å². The molecule has 1 saturated heterocycles. The first kappa shape index (κ1) is 15.5. The van der Waals surface area contributed by atoms with Gasteiger partial charge in [0.05, 0.1) is 23.6 Å². The molecule has 1 fully saturated rings. The first-order valence-electron chi connectivity index (χ1n) is 6.62. The van der Waals surface area contributed by atoms with Gasteiger partial charge >= 0.3 is 0 Å². The average molecular weight is 310 g/mol. The molecule has 1 aromatic carbocycles. The summed E-state index contributed by atoms with van der Waals surface area (Å²) in [5, 5.41) is 13.5. The number of aryl methyl sites for hydroxylation is 2. The Morgan fingerprint density at radius 2 is 2.00 bits per heavy atom. The predicted molar refractivity (Wildman–Crippen MR) is 80.1 cm³/mol. The van der Waals surface area contributed by atoms with E-state index in [2.05, 4.69) is 10.5 Å². The maximum atomic E-state index is 11.8. The SMILES string of the molecule is Cc1cc(/C=N/NC(=O)[C@@H]2CCS(=O)(=O)C2)cc(C)c1O. The monoisotopic (exact) mass is 310 g/mol. The van der Waals surface area contributed by atoms with Crippen molar-refractivity contribution in [2.45, 2.75) is 20.3 Å². The molecule has 1 heterocycles. The molecule has 0 radical (unpaired) electrons. The van der Waals surface area contributed by atoms with Crippen molar-refractivity contribution >= 4 is 22.0 Å². The number of aromatic hydroxyl groups is 1. The van der Waals surface area contributed by atoms with E-state index >= 15 is 0 Å². The van der Waals surface area contributed by atoms with Gasteiger partial charge in [0.2, 0.25) is 5.91 Å². The van der Waals surface area contributed by atoms with Gasteiger partial charge in [0.15, 0.2) is 9.84 Å². The van der Waals surface area contributed by atoms with Crippen LogP contribution >= 0.6 is 0 Å². The Hall–Kier alpha value is -1.89. The fourth-order valence-electron chi connectivity index (χ4n) is 2.33. The maximum absolute atomic E-state index is 11.8. The third-order valence-electron chi connectivity index (χ3n) is 3.50. The first-order chi connectivity index (χ1) is 9.78. The molecule has 6 nitrogen and oxygen atoms in total. The van der Waals surface area contributed by atoms with Gasteiger partial charge in [-0.2, -0.15) is 5.10 Å². The van der Waals surface area contributed by atoms with E-state index < -0.39 is 15.8 Å². The zero-order valence-corrected chi connectivity index (χ0v) is 12.8. The Kier molecular flexibility index (Phi) is 4.32. The zero-order valence-electron chi connectivity index (χ0n) is 12.0. The largest absolute Gasteiger partial charge is 0.507 e. The van der Waals surface area contributed by atoms with Crippen LogP contribution in [0.2, 0.25) is 0 Å². The van der Waals surface area contributed by atoms with Gasteiger partial charge in [-0.3, -0.25) is 4.79 Å². The minimum Gasteiger partial charge on any atom is -0.507 e. The quantitative estimate of drug-likeness (QED) is 0.640. The highest BCUT2D eigenvalue weighted by atomic mass is 32.2. The summed E-state index contributed by atoms with van der Waals surface area (Å²) in [6.45, 7) is 3.56. The molecule has 21 heavy (non-hydrogen) atoms. The minimum absolute atomic E-state index is 0.0607. The fraction of sp³-hybridized carbons (Fsp3) is 0.429. The number of rotatable bonds is 3. The number of nitrogens with one attached hydrogen (secondary N) is 1. The lowest BCUT2D eigenvalue weighted by Crippen LogP contribution is -2.27. The van der Waals surface area contributed by atoms with Gasteiger partial charge in [0.25, 0.3) is 0 Å². The number of sulfone groups is 1. The second-order valence-corrected chi connectivity index (χ2v) is 7.57. The topological polar surface area (TPSA) is 95.8 Å². The average Bonchev–Trinajstić information content (AvgIpc) is 2.76. The number of hydrogen-bond donors (Lipinski definition) is 2. The number of phenolic OH excluding ortho intramolecular Hbond substituents is 1. The van der Waals surface area contributed by atoms with Crippen molar-refractivity contribution in [3.05, 3.63) is 28.8 Å². The van der Waals surface area contributed by atoms with Crippen molar-refractivity contribution in [2.75, 3.05) is 11.5 Å². The second kappa shape index (κ2) is 5.85. The first-order valence-corrected chi connectivity index (χ1v) is 8.44. The number of phenols is 1. The third-order valence-corrected chi connectivity index (χ3v) is 5.27. The molecule has 2 N–H and O–H groups in total. The lowest BCUT2D eigenvalue weighted by Gasteiger charge is -2.06. The summed E-state index contributed by atoms with van der Waals surface area (Å²) in [6, 6.07) is 3.50. The Morgan fingerprint density at radius 1 is 1.38 bits per heavy atom. The molecular formula is C14H18N2O4S. The highest BCUT2D eigenvalue weighted by molar-refractivity contribution is 7.91. The minimum atomic E-state index is -3.07. The third kappa shape index (κ3) is 3.81. The summed E-state index contributed by atoms with van der Waals surface area (Å²) < 4.78 is 22.6. The standard InChI is InChI=1S/C14H18N2O4S/c1-9-5-11(6-10(2)13(9)17)7-15-16-14(18)12-3-4-21(19,20)8-12/h5-7,12,17H,3-4,8H2,1-2H3,(H,16,18)/b15-7+/t12-/m1/s1. The number of amides is 1. The van der Waals surface area contributed by atoms with Gasteiger partial charge < -0.3 is 5.11 Å². The van der Waals surface area contributed by atoms with Crippen molar-refractivity contribution < 1.29 is 18.3 Å². The predicted octanol–water partition coefficient (Wildman–Crippen LogP) is 0.894. The van der Waals surface area contributed by atoms with Crippen LogP contribution in [-0.4, -0.2) is 37.2 Å². The van der Waals surface area contributed by atoms with Crippen molar-refractivity contribution in [3.8, 4) is 5.75 Å². The van der Waals surface area contributed by atoms with Crippen molar-refractivity contribution in [1.82, 2.24) is 5.43 Å². The van der Waals surface area contributed by atoms with Gasteiger partial charge in [-0.25, -0.2) is 13.8 Å². The van der Waals surface area contributed by atoms with Crippen LogP contribution in [0.3, 0.4) is 0 Å². The number of carbonyl (C=O) groups is 1. The fourth-order valence-corrected chi connectivity index (χ4v) is 4.07. The Labute approximate surface area is 123 Å². The van der Waals surface area contributed by atoms with Gasteiger partial charge in [0, 0.05) is 0 Å². The number of carbonyl (C=O) groups excluding carboxylic acids is 1. The van der Waals surface area contributed by atoms with E-state index in [1.165, 1.54) is 6.21 Å². The summed E-state index contributed by atoms with van der Waals surface area (Å²) in [6.07, 6.45) is 1.82. The molecule has 1 aromatic rings. The lowest BCUT2D eigenvalue weighted by molar-refractivity contribution is -0.124. The molecule has 0 unspecified atom stereocenters. The van der Waals surface area contributed by atoms with E-state index in [0.29, 0.717) is 6.42 Å². The van der Waals surface area contributed by atoms with Gasteiger partial charge in [-0.05, 0) is 49.1 Å². The summed E-state index contributed by atoms with van der Waals surface area (Å²) in [7, 11) is -3.07. The van der Waals surface area contributed by atoms with Crippen molar-refractivity contribution in [3.63, 3.8) is 0 Å². The summed E-state index contributed by atoms with van der Waals surface area (Å²) >= 11 is 0. The smallest absolute Gasteiger partial charge is 0.244 e. The number of benzene rings is 1. The molecular weight excluding hydrogens is 292 g/mol. The molecule has 1 amide bonds. The van der Waals surface area contributed by atoms with Gasteiger partial charge in [-0.1, -0.05) is 0 Å². The number of hydrazone groups is 1. The van der Waals surface area contributed by atoms with E-state index in [1.807, 2.05) is 0 Å². The Morgan fingerprint density at radius 3 is 2.52 bits per heavy atom. The lowest BCUT2D eigenvalue weighted by atomic mass is 10.1. The van der Waals surface area contributed by atoms with E-state index in [-0.39, 0.29) is 23.2 Å². The van der Waals surface area contributed by atoms with Gasteiger partial charge in [0.1, 0.15) is 5.75 Å². The van der Waals surface area contributed by atoms with Crippen LogP contribution < -0.4 is 5.43 Å². The summed E-state index contributed by atoms with van der Waals surface area (Å²) in [5.74, 6) is -0.695. The van der Waals surface area contributed by atoms with E-state index in [9.17, 15) is 18.3 Å². The highest BCUT2D eigenvalue weighted by Crippen LogP contribution is 2.22. The zero-order chi connectivity index (χ0) is 15.6. The Balaban J connectivity index is 1.98. The molecule has 7 heteroatoms.